The van der Waals surface area contributed by atoms with Gasteiger partial charge >= 0.3 is 0 Å². The predicted octanol–water partition coefficient (Wildman–Crippen LogP) is 4.60. The second-order valence-electron chi connectivity index (χ2n) is 3.72. The van der Waals surface area contributed by atoms with Crippen LogP contribution in [-0.4, -0.2) is 0 Å². The van der Waals surface area contributed by atoms with Crippen molar-refractivity contribution in [2.75, 3.05) is 0 Å². The summed E-state index contributed by atoms with van der Waals surface area (Å²) >= 11 is 0. The summed E-state index contributed by atoms with van der Waals surface area (Å²) in [5, 5.41) is 8.31. The lowest BCUT2D eigenvalue weighted by Gasteiger charge is -1.97. The highest BCUT2D eigenvalue weighted by molar-refractivity contribution is 4.85. The number of rotatable bonds is 9. The molecule has 80 valence electrons. The Morgan fingerprint density at radius 3 is 2.29 bits per heavy atom. The molecule has 1 heteroatoms. The first-order valence-corrected chi connectivity index (χ1v) is 5.93. The van der Waals surface area contributed by atoms with E-state index in [4.69, 9.17) is 5.26 Å². The molecule has 0 saturated carbocycles. The summed E-state index contributed by atoms with van der Waals surface area (Å²) in [5.74, 6) is 0. The van der Waals surface area contributed by atoms with Gasteiger partial charge < -0.3 is 0 Å². The van der Waals surface area contributed by atoms with E-state index in [0.717, 1.165) is 6.42 Å². The second-order valence-corrected chi connectivity index (χ2v) is 3.72. The van der Waals surface area contributed by atoms with Gasteiger partial charge in [0, 0.05) is 6.42 Å². The number of hydrogen-bond acceptors (Lipinski definition) is 1. The summed E-state index contributed by atoms with van der Waals surface area (Å²) in [5.41, 5.74) is 0. The molecule has 0 aromatic rings. The predicted molar refractivity (Wildman–Crippen MR) is 62.0 cm³/mol. The van der Waals surface area contributed by atoms with Crippen LogP contribution in [0.1, 0.15) is 64.7 Å². The maximum Gasteiger partial charge on any atom is 0.0624 e. The maximum absolute atomic E-state index is 8.31. The summed E-state index contributed by atoms with van der Waals surface area (Å²) in [7, 11) is 0. The van der Waals surface area contributed by atoms with Gasteiger partial charge in [-0.05, 0) is 19.3 Å². The Labute approximate surface area is 88.8 Å². The topological polar surface area (TPSA) is 23.8 Å². The average molecular weight is 193 g/mol. The van der Waals surface area contributed by atoms with Crippen LogP contribution < -0.4 is 0 Å². The van der Waals surface area contributed by atoms with Crippen molar-refractivity contribution in [3.8, 4) is 6.07 Å². The first kappa shape index (κ1) is 13.2. The third-order valence-electron chi connectivity index (χ3n) is 2.31. The molecule has 0 heterocycles. The van der Waals surface area contributed by atoms with Gasteiger partial charge in [0.1, 0.15) is 0 Å². The minimum absolute atomic E-state index is 0.660. The van der Waals surface area contributed by atoms with E-state index in [1.165, 1.54) is 44.9 Å². The number of allylic oxidation sites excluding steroid dienone is 2. The summed E-state index contributed by atoms with van der Waals surface area (Å²) in [6.07, 6.45) is 15.3. The van der Waals surface area contributed by atoms with Crippen molar-refractivity contribution in [2.45, 2.75) is 64.7 Å². The van der Waals surface area contributed by atoms with Crippen molar-refractivity contribution in [3.05, 3.63) is 12.2 Å². The SMILES string of the molecule is CCCCCCCC/C=C/CCC#N. The van der Waals surface area contributed by atoms with Crippen LogP contribution in [0, 0.1) is 11.3 Å². The Kier molecular flexibility index (Phi) is 11.6. The molecule has 0 aliphatic rings. The lowest BCUT2D eigenvalue weighted by molar-refractivity contribution is 0.611. The third-order valence-corrected chi connectivity index (χ3v) is 2.31. The summed E-state index contributed by atoms with van der Waals surface area (Å²) < 4.78 is 0. The van der Waals surface area contributed by atoms with E-state index in [2.05, 4.69) is 25.1 Å². The zero-order valence-corrected chi connectivity index (χ0v) is 9.47. The molecule has 0 atom stereocenters. The van der Waals surface area contributed by atoms with Crippen LogP contribution in [0.4, 0.5) is 0 Å². The van der Waals surface area contributed by atoms with Crippen LogP contribution in [-0.2, 0) is 0 Å². The van der Waals surface area contributed by atoms with Crippen LogP contribution in [0.2, 0.25) is 0 Å². The summed E-state index contributed by atoms with van der Waals surface area (Å²) in [6.45, 7) is 2.25. The fraction of sp³-hybridized carbons (Fsp3) is 0.769. The third kappa shape index (κ3) is 11.2. The molecule has 0 aliphatic heterocycles. The van der Waals surface area contributed by atoms with Crippen molar-refractivity contribution < 1.29 is 0 Å². The molecule has 0 aromatic heterocycles. The van der Waals surface area contributed by atoms with Gasteiger partial charge in [0.25, 0.3) is 0 Å². The van der Waals surface area contributed by atoms with Gasteiger partial charge in [0.05, 0.1) is 6.07 Å². The summed E-state index contributed by atoms with van der Waals surface area (Å²) in [4.78, 5) is 0. The van der Waals surface area contributed by atoms with Crippen LogP contribution in [0.25, 0.3) is 0 Å². The highest BCUT2D eigenvalue weighted by atomic mass is 14.2. The van der Waals surface area contributed by atoms with E-state index < -0.39 is 0 Å². The number of nitriles is 1. The fourth-order valence-electron chi connectivity index (χ4n) is 1.43. The summed E-state index contributed by atoms with van der Waals surface area (Å²) in [6, 6.07) is 2.14. The van der Waals surface area contributed by atoms with Gasteiger partial charge in [0.15, 0.2) is 0 Å². The van der Waals surface area contributed by atoms with Gasteiger partial charge in [-0.1, -0.05) is 51.2 Å². The Morgan fingerprint density at radius 2 is 1.57 bits per heavy atom. The molecule has 0 aromatic carbocycles. The minimum atomic E-state index is 0.660. The first-order chi connectivity index (χ1) is 6.91. The van der Waals surface area contributed by atoms with Crippen molar-refractivity contribution in [1.29, 1.82) is 5.26 Å². The molecule has 0 rings (SSSR count). The first-order valence-electron chi connectivity index (χ1n) is 5.93. The second kappa shape index (κ2) is 12.2. The standard InChI is InChI=1S/C13H23N/c1-2-3-4-5-6-7-8-9-10-11-12-13-14/h9-10H,2-8,11-12H2,1H3/b10-9+. The maximum atomic E-state index is 8.31. The monoisotopic (exact) mass is 193 g/mol. The average Bonchev–Trinajstić information content (AvgIpc) is 2.21. The number of hydrogen-bond donors (Lipinski definition) is 0. The highest BCUT2D eigenvalue weighted by Gasteiger charge is 1.87. The molecule has 0 radical (unpaired) electrons. The van der Waals surface area contributed by atoms with E-state index >= 15 is 0 Å². The lowest BCUT2D eigenvalue weighted by atomic mass is 10.1. The van der Waals surface area contributed by atoms with Crippen LogP contribution in [0.3, 0.4) is 0 Å². The van der Waals surface area contributed by atoms with Crippen molar-refractivity contribution in [2.24, 2.45) is 0 Å². The van der Waals surface area contributed by atoms with E-state index in [9.17, 15) is 0 Å². The van der Waals surface area contributed by atoms with Crippen molar-refractivity contribution in [3.63, 3.8) is 0 Å². The van der Waals surface area contributed by atoms with Crippen LogP contribution in [0.15, 0.2) is 12.2 Å². The van der Waals surface area contributed by atoms with E-state index in [0.29, 0.717) is 6.42 Å². The number of unbranched alkanes of at least 4 members (excludes halogenated alkanes) is 7. The molecule has 1 nitrogen and oxygen atoms in total. The minimum Gasteiger partial charge on any atom is -0.198 e. The normalized spacial score (nSPS) is 10.6. The molecule has 0 bridgehead atoms. The Morgan fingerprint density at radius 1 is 0.929 bits per heavy atom. The van der Waals surface area contributed by atoms with Crippen molar-refractivity contribution in [1.82, 2.24) is 0 Å². The molecule has 0 amide bonds. The van der Waals surface area contributed by atoms with Gasteiger partial charge in [-0.3, -0.25) is 0 Å². The van der Waals surface area contributed by atoms with Gasteiger partial charge in [-0.15, -0.1) is 0 Å². The molecule has 0 spiro atoms. The molecule has 0 saturated heterocycles. The smallest absolute Gasteiger partial charge is 0.0624 e. The van der Waals surface area contributed by atoms with Gasteiger partial charge in [-0.25, -0.2) is 0 Å². The quantitative estimate of drug-likeness (QED) is 0.388. The highest BCUT2D eigenvalue weighted by Crippen LogP contribution is 2.07. The zero-order chi connectivity index (χ0) is 10.5. The van der Waals surface area contributed by atoms with Gasteiger partial charge in [0.2, 0.25) is 0 Å². The molecular weight excluding hydrogens is 170 g/mol. The molecule has 0 aliphatic carbocycles. The van der Waals surface area contributed by atoms with Gasteiger partial charge in [-0.2, -0.15) is 5.26 Å². The molecule has 0 fully saturated rings. The number of nitrogens with zero attached hydrogens (tertiary/aromatic N) is 1. The van der Waals surface area contributed by atoms with E-state index in [-0.39, 0.29) is 0 Å². The van der Waals surface area contributed by atoms with E-state index in [1.54, 1.807) is 0 Å². The molecule has 14 heavy (non-hydrogen) atoms. The Bertz CT molecular complexity index is 165. The Hall–Kier alpha value is -0.770. The van der Waals surface area contributed by atoms with Crippen molar-refractivity contribution >= 4 is 0 Å². The zero-order valence-electron chi connectivity index (χ0n) is 9.47. The molecular formula is C13H23N. The Balaban J connectivity index is 2.98. The van der Waals surface area contributed by atoms with E-state index in [1.807, 2.05) is 0 Å². The van der Waals surface area contributed by atoms with Crippen LogP contribution >= 0.6 is 0 Å². The fourth-order valence-corrected chi connectivity index (χ4v) is 1.43. The molecule has 0 N–H and O–H groups in total. The van der Waals surface area contributed by atoms with Crippen LogP contribution in [0.5, 0.6) is 0 Å². The largest absolute Gasteiger partial charge is 0.198 e. The lowest BCUT2D eigenvalue weighted by Crippen LogP contribution is -1.77. The molecule has 0 unspecified atom stereocenters.